The Balaban J connectivity index is 2.60. The zero-order valence-electron chi connectivity index (χ0n) is 8.80. The van der Waals surface area contributed by atoms with Gasteiger partial charge in [-0.3, -0.25) is 0 Å². The molecule has 0 radical (unpaired) electrons. The van der Waals surface area contributed by atoms with Crippen molar-refractivity contribution >= 4 is 0 Å². The molecule has 1 aromatic rings. The third kappa shape index (κ3) is 3.52. The zero-order chi connectivity index (χ0) is 11.1. The van der Waals surface area contributed by atoms with Crippen LogP contribution in [0.15, 0.2) is 12.4 Å². The summed E-state index contributed by atoms with van der Waals surface area (Å²) in [5.41, 5.74) is 0.195. The van der Waals surface area contributed by atoms with E-state index < -0.39 is 0 Å². The van der Waals surface area contributed by atoms with Crippen LogP contribution >= 0.6 is 0 Å². The molecule has 1 atom stereocenters. The van der Waals surface area contributed by atoms with E-state index in [2.05, 4.69) is 9.97 Å². The molecule has 5 nitrogen and oxygen atoms in total. The van der Waals surface area contributed by atoms with Crippen molar-refractivity contribution < 1.29 is 9.47 Å². The lowest BCUT2D eigenvalue weighted by Crippen LogP contribution is -2.20. The van der Waals surface area contributed by atoms with Gasteiger partial charge in [0, 0.05) is 19.0 Å². The molecular weight excluding hydrogens is 194 g/mol. The lowest BCUT2D eigenvalue weighted by molar-refractivity contribution is 0.0629. The lowest BCUT2D eigenvalue weighted by atomic mass is 10.4. The molecule has 1 unspecified atom stereocenters. The summed E-state index contributed by atoms with van der Waals surface area (Å²) in [6.07, 6.45) is 2.80. The first-order valence-corrected chi connectivity index (χ1v) is 4.73. The van der Waals surface area contributed by atoms with Gasteiger partial charge in [-0.1, -0.05) is 0 Å². The Morgan fingerprint density at radius 1 is 1.47 bits per heavy atom. The third-order valence-corrected chi connectivity index (χ3v) is 1.64. The van der Waals surface area contributed by atoms with Crippen molar-refractivity contribution in [2.45, 2.75) is 20.0 Å². The van der Waals surface area contributed by atoms with Crippen molar-refractivity contribution in [2.75, 3.05) is 13.2 Å². The molecule has 0 aliphatic heterocycles. The van der Waals surface area contributed by atoms with Crippen molar-refractivity contribution in [3.63, 3.8) is 0 Å². The molecule has 0 amide bonds. The second-order valence-electron chi connectivity index (χ2n) is 2.91. The highest BCUT2D eigenvalue weighted by Gasteiger charge is 2.09. The quantitative estimate of drug-likeness (QED) is 0.724. The maximum absolute atomic E-state index is 8.74. The standard InChI is InChI=1S/C10H13N3O2/c1-3-14-7-8(2)15-10-9(6-11)12-4-5-13-10/h4-5,8H,3,7H2,1-2H3. The first-order chi connectivity index (χ1) is 7.27. The van der Waals surface area contributed by atoms with Crippen LogP contribution in [0.5, 0.6) is 5.88 Å². The largest absolute Gasteiger partial charge is 0.470 e. The van der Waals surface area contributed by atoms with Crippen LogP contribution in [0, 0.1) is 11.3 Å². The average Bonchev–Trinajstić information content (AvgIpc) is 2.27. The van der Waals surface area contributed by atoms with E-state index in [1.807, 2.05) is 19.9 Å². The highest BCUT2D eigenvalue weighted by atomic mass is 16.5. The molecule has 15 heavy (non-hydrogen) atoms. The predicted molar refractivity (Wildman–Crippen MR) is 53.3 cm³/mol. The predicted octanol–water partition coefficient (Wildman–Crippen LogP) is 1.15. The van der Waals surface area contributed by atoms with Gasteiger partial charge in [-0.15, -0.1) is 0 Å². The Labute approximate surface area is 88.7 Å². The average molecular weight is 207 g/mol. The van der Waals surface area contributed by atoms with Crippen molar-refractivity contribution in [2.24, 2.45) is 0 Å². The Morgan fingerprint density at radius 2 is 2.20 bits per heavy atom. The fraction of sp³-hybridized carbons (Fsp3) is 0.500. The summed E-state index contributed by atoms with van der Waals surface area (Å²) in [6, 6.07) is 1.92. The van der Waals surface area contributed by atoms with Crippen molar-refractivity contribution in [1.29, 1.82) is 5.26 Å². The van der Waals surface area contributed by atoms with Crippen LogP contribution in [-0.4, -0.2) is 29.3 Å². The Kier molecular flexibility index (Phi) is 4.51. The van der Waals surface area contributed by atoms with E-state index in [0.717, 1.165) is 0 Å². The summed E-state index contributed by atoms with van der Waals surface area (Å²) in [4.78, 5) is 7.78. The molecule has 0 aliphatic rings. The van der Waals surface area contributed by atoms with E-state index >= 15 is 0 Å². The van der Waals surface area contributed by atoms with Gasteiger partial charge in [0.05, 0.1) is 6.61 Å². The summed E-state index contributed by atoms with van der Waals surface area (Å²) < 4.78 is 10.6. The van der Waals surface area contributed by atoms with E-state index in [1.165, 1.54) is 12.4 Å². The van der Waals surface area contributed by atoms with Crippen LogP contribution in [0.3, 0.4) is 0 Å². The molecule has 1 aromatic heterocycles. The van der Waals surface area contributed by atoms with Gasteiger partial charge in [0.15, 0.2) is 0 Å². The summed E-state index contributed by atoms with van der Waals surface area (Å²) in [5.74, 6) is 0.257. The van der Waals surface area contributed by atoms with Crippen LogP contribution in [-0.2, 0) is 4.74 Å². The van der Waals surface area contributed by atoms with Crippen LogP contribution in [0.4, 0.5) is 0 Å². The molecule has 1 heterocycles. The Bertz CT molecular complexity index is 349. The second kappa shape index (κ2) is 5.94. The first kappa shape index (κ1) is 11.4. The molecule has 0 saturated carbocycles. The molecule has 0 aromatic carbocycles. The smallest absolute Gasteiger partial charge is 0.251 e. The SMILES string of the molecule is CCOCC(C)Oc1nccnc1C#N. The molecule has 0 spiro atoms. The van der Waals surface area contributed by atoms with Crippen molar-refractivity contribution in [3.8, 4) is 11.9 Å². The Hall–Kier alpha value is -1.67. The zero-order valence-corrected chi connectivity index (χ0v) is 8.80. The third-order valence-electron chi connectivity index (χ3n) is 1.64. The topological polar surface area (TPSA) is 68.0 Å². The minimum absolute atomic E-state index is 0.145. The van der Waals surface area contributed by atoms with Crippen LogP contribution < -0.4 is 4.74 Å². The molecular formula is C10H13N3O2. The van der Waals surface area contributed by atoms with E-state index in [4.69, 9.17) is 14.7 Å². The van der Waals surface area contributed by atoms with Crippen molar-refractivity contribution in [1.82, 2.24) is 9.97 Å². The van der Waals surface area contributed by atoms with Crippen molar-refractivity contribution in [3.05, 3.63) is 18.1 Å². The van der Waals surface area contributed by atoms with Crippen LogP contribution in [0.1, 0.15) is 19.5 Å². The molecule has 0 saturated heterocycles. The maximum atomic E-state index is 8.74. The molecule has 0 fully saturated rings. The summed E-state index contributed by atoms with van der Waals surface area (Å²) >= 11 is 0. The highest BCUT2D eigenvalue weighted by Crippen LogP contribution is 2.11. The normalized spacial score (nSPS) is 11.8. The number of nitriles is 1. The van der Waals surface area contributed by atoms with E-state index in [9.17, 15) is 0 Å². The monoisotopic (exact) mass is 207 g/mol. The minimum atomic E-state index is -0.145. The minimum Gasteiger partial charge on any atom is -0.470 e. The van der Waals surface area contributed by atoms with E-state index in [1.54, 1.807) is 0 Å². The van der Waals surface area contributed by atoms with Crippen LogP contribution in [0.25, 0.3) is 0 Å². The van der Waals surface area contributed by atoms with Gasteiger partial charge < -0.3 is 9.47 Å². The number of rotatable bonds is 5. The summed E-state index contributed by atoms with van der Waals surface area (Å²) in [6.45, 7) is 4.87. The van der Waals surface area contributed by atoms with Crippen LogP contribution in [0.2, 0.25) is 0 Å². The molecule has 0 bridgehead atoms. The first-order valence-electron chi connectivity index (χ1n) is 4.73. The number of nitrogens with zero attached hydrogens (tertiary/aromatic N) is 3. The number of aromatic nitrogens is 2. The molecule has 0 aliphatic carbocycles. The highest BCUT2D eigenvalue weighted by molar-refractivity contribution is 5.29. The number of hydrogen-bond donors (Lipinski definition) is 0. The van der Waals surface area contributed by atoms with Gasteiger partial charge in [-0.2, -0.15) is 5.26 Å². The van der Waals surface area contributed by atoms with Gasteiger partial charge in [0.25, 0.3) is 5.88 Å². The van der Waals surface area contributed by atoms with Gasteiger partial charge >= 0.3 is 0 Å². The maximum Gasteiger partial charge on any atom is 0.251 e. The van der Waals surface area contributed by atoms with E-state index in [0.29, 0.717) is 13.2 Å². The Morgan fingerprint density at radius 3 is 2.87 bits per heavy atom. The fourth-order valence-electron chi connectivity index (χ4n) is 0.997. The summed E-state index contributed by atoms with van der Waals surface area (Å²) in [5, 5.41) is 8.74. The molecule has 5 heteroatoms. The van der Waals surface area contributed by atoms with Gasteiger partial charge in [-0.05, 0) is 13.8 Å². The number of ether oxygens (including phenoxy) is 2. The fourth-order valence-corrected chi connectivity index (χ4v) is 0.997. The van der Waals surface area contributed by atoms with Gasteiger partial charge in [-0.25, -0.2) is 9.97 Å². The van der Waals surface area contributed by atoms with E-state index in [-0.39, 0.29) is 17.7 Å². The van der Waals surface area contributed by atoms with Gasteiger partial charge in [0.2, 0.25) is 5.69 Å². The molecule has 80 valence electrons. The van der Waals surface area contributed by atoms with Gasteiger partial charge in [0.1, 0.15) is 12.2 Å². The molecule has 1 rings (SSSR count). The summed E-state index contributed by atoms with van der Waals surface area (Å²) in [7, 11) is 0. The second-order valence-corrected chi connectivity index (χ2v) is 2.91. The lowest BCUT2D eigenvalue weighted by Gasteiger charge is -2.13. The number of hydrogen-bond acceptors (Lipinski definition) is 5. The molecule has 0 N–H and O–H groups in total.